The average Bonchev–Trinajstić information content (AvgIpc) is 3.09. The number of carbonyl (C=O) groups excluding carboxylic acids is 2. The van der Waals surface area contributed by atoms with Gasteiger partial charge < -0.3 is 20.1 Å². The van der Waals surface area contributed by atoms with E-state index in [0.29, 0.717) is 41.9 Å². The maximum absolute atomic E-state index is 13.0. The highest BCUT2D eigenvalue weighted by Gasteiger charge is 2.55. The number of benzene rings is 2. The topological polar surface area (TPSA) is 76.7 Å². The number of fused-ring (bicyclic) bond motifs is 2. The van der Waals surface area contributed by atoms with E-state index in [-0.39, 0.29) is 23.4 Å². The molecule has 2 aliphatic heterocycles. The van der Waals surface area contributed by atoms with E-state index in [9.17, 15) is 9.59 Å². The van der Waals surface area contributed by atoms with Gasteiger partial charge >= 0.3 is 0 Å². The largest absolute Gasteiger partial charge is 0.499 e. The van der Waals surface area contributed by atoms with Crippen LogP contribution in [0.3, 0.4) is 0 Å². The van der Waals surface area contributed by atoms with Crippen LogP contribution in [-0.2, 0) is 10.1 Å². The summed E-state index contributed by atoms with van der Waals surface area (Å²) in [5.41, 5.74) is 1.84. The van der Waals surface area contributed by atoms with Crippen molar-refractivity contribution in [2.75, 3.05) is 20.3 Å². The number of ether oxygens (including phenoxy) is 2. The van der Waals surface area contributed by atoms with Crippen molar-refractivity contribution in [3.8, 4) is 5.75 Å². The van der Waals surface area contributed by atoms with Gasteiger partial charge in [0.25, 0.3) is 11.8 Å². The highest BCUT2D eigenvalue weighted by Crippen LogP contribution is 2.47. The number of amides is 2. The first-order valence-electron chi connectivity index (χ1n) is 10.0. The highest BCUT2D eigenvalue weighted by molar-refractivity contribution is 6.27. The second kappa shape index (κ2) is 6.91. The molecule has 6 nitrogen and oxygen atoms in total. The van der Waals surface area contributed by atoms with Gasteiger partial charge in [0.1, 0.15) is 13.6 Å². The molecule has 4 radical (unpaired) electrons. The van der Waals surface area contributed by atoms with Crippen LogP contribution >= 0.6 is 0 Å². The molecule has 2 aromatic rings. The summed E-state index contributed by atoms with van der Waals surface area (Å²) in [7, 11) is 14.6. The van der Waals surface area contributed by atoms with E-state index in [2.05, 4.69) is 10.6 Å². The zero-order valence-electron chi connectivity index (χ0n) is 16.6. The van der Waals surface area contributed by atoms with Gasteiger partial charge in [0.2, 0.25) is 0 Å². The zero-order valence-corrected chi connectivity index (χ0v) is 16.6. The van der Waals surface area contributed by atoms with Gasteiger partial charge in [-0.3, -0.25) is 9.59 Å². The van der Waals surface area contributed by atoms with Crippen molar-refractivity contribution in [3.05, 3.63) is 64.7 Å². The van der Waals surface area contributed by atoms with E-state index in [1.165, 1.54) is 13.1 Å². The SMILES string of the molecule is [B]C1Oc2c(C(=O)NC)cc(C(=O)NC3[C@H]4COC[C@@H]34)cc2C1([B])c1ccccc1. The quantitative estimate of drug-likeness (QED) is 0.745. The molecule has 2 amide bonds. The van der Waals surface area contributed by atoms with Crippen molar-refractivity contribution in [2.24, 2.45) is 11.8 Å². The summed E-state index contributed by atoms with van der Waals surface area (Å²) in [6.45, 7) is 1.35. The molecule has 3 aliphatic rings. The molecule has 8 heteroatoms. The van der Waals surface area contributed by atoms with Crippen LogP contribution in [0.1, 0.15) is 31.8 Å². The molecule has 1 aliphatic carbocycles. The van der Waals surface area contributed by atoms with E-state index in [1.807, 2.05) is 30.3 Å². The molecular formula is C22H20B2N2O4. The van der Waals surface area contributed by atoms with Crippen LogP contribution in [0.25, 0.3) is 0 Å². The predicted octanol–water partition coefficient (Wildman–Crippen LogP) is 0.720. The van der Waals surface area contributed by atoms with Gasteiger partial charge in [0.05, 0.1) is 32.6 Å². The first-order chi connectivity index (χ1) is 14.4. The normalized spacial score (nSPS) is 30.7. The van der Waals surface area contributed by atoms with E-state index in [4.69, 9.17) is 25.2 Å². The number of carbonyl (C=O) groups is 2. The summed E-state index contributed by atoms with van der Waals surface area (Å²) in [5.74, 6) is 0.426. The molecule has 2 fully saturated rings. The highest BCUT2D eigenvalue weighted by atomic mass is 16.5. The summed E-state index contributed by atoms with van der Waals surface area (Å²) < 4.78 is 11.3. The molecule has 0 spiro atoms. The van der Waals surface area contributed by atoms with E-state index in [0.717, 1.165) is 5.56 Å². The van der Waals surface area contributed by atoms with Crippen molar-refractivity contribution >= 4 is 27.5 Å². The fraction of sp³-hybridized carbons (Fsp3) is 0.364. The van der Waals surface area contributed by atoms with Crippen LogP contribution in [-0.4, -0.2) is 59.8 Å². The maximum Gasteiger partial charge on any atom is 0.254 e. The number of nitrogens with one attached hydrogen (secondary N) is 2. The fourth-order valence-corrected chi connectivity index (χ4v) is 4.59. The Kier molecular flexibility index (Phi) is 4.43. The minimum Gasteiger partial charge on any atom is -0.499 e. The monoisotopic (exact) mass is 398 g/mol. The lowest BCUT2D eigenvalue weighted by Gasteiger charge is -2.30. The van der Waals surface area contributed by atoms with Gasteiger partial charge in [-0.25, -0.2) is 0 Å². The predicted molar refractivity (Wildman–Crippen MR) is 112 cm³/mol. The van der Waals surface area contributed by atoms with Crippen molar-refractivity contribution in [1.29, 1.82) is 0 Å². The number of rotatable bonds is 4. The average molecular weight is 398 g/mol. The Morgan fingerprint density at radius 3 is 2.47 bits per heavy atom. The summed E-state index contributed by atoms with van der Waals surface area (Å²) in [4.78, 5) is 25.6. The Labute approximate surface area is 177 Å². The van der Waals surface area contributed by atoms with Gasteiger partial charge in [-0.1, -0.05) is 30.3 Å². The first-order valence-corrected chi connectivity index (χ1v) is 10.0. The van der Waals surface area contributed by atoms with E-state index >= 15 is 0 Å². The lowest BCUT2D eigenvalue weighted by atomic mass is 9.53. The molecular weight excluding hydrogens is 378 g/mol. The Morgan fingerprint density at radius 1 is 1.10 bits per heavy atom. The molecule has 148 valence electrons. The molecule has 2 N–H and O–H groups in total. The zero-order chi connectivity index (χ0) is 21.0. The van der Waals surface area contributed by atoms with Crippen molar-refractivity contribution in [2.45, 2.75) is 17.4 Å². The second-order valence-electron chi connectivity index (χ2n) is 8.12. The minimum absolute atomic E-state index is 0.109. The summed E-state index contributed by atoms with van der Waals surface area (Å²) >= 11 is 0. The first kappa shape index (κ1) is 19.2. The Hall–Kier alpha value is -2.73. The van der Waals surface area contributed by atoms with Gasteiger partial charge in [-0.15, -0.1) is 0 Å². The molecule has 5 atom stereocenters. The fourth-order valence-electron chi connectivity index (χ4n) is 4.59. The minimum atomic E-state index is -1.19. The molecule has 3 unspecified atom stereocenters. The standard InChI is InChI=1S/C22H20B2N2O4/c1-25-20(28)13-7-11(19(27)26-17-14-9-29-10-15(14)17)8-16-18(13)30-21(23)22(16,24)12-5-3-2-4-6-12/h2-8,14-15,17,21H,9-10H2,1H3,(H,25,28)(H,26,27)/t14-,15+,17?,21?,22?. The summed E-state index contributed by atoms with van der Waals surface area (Å²) in [6, 6.07) is 11.7. The number of hydrogen-bond donors (Lipinski definition) is 2. The third-order valence-corrected chi connectivity index (χ3v) is 6.46. The molecule has 1 saturated heterocycles. The molecule has 30 heavy (non-hydrogen) atoms. The Bertz CT molecular complexity index is 1020. The van der Waals surface area contributed by atoms with Gasteiger partial charge in [-0.05, 0) is 17.7 Å². The van der Waals surface area contributed by atoms with Crippen molar-refractivity contribution in [1.82, 2.24) is 10.6 Å². The van der Waals surface area contributed by atoms with Crippen molar-refractivity contribution in [3.63, 3.8) is 0 Å². The van der Waals surface area contributed by atoms with E-state index in [1.54, 1.807) is 6.07 Å². The summed E-state index contributed by atoms with van der Waals surface area (Å²) in [6.07, 6.45) is 0. The summed E-state index contributed by atoms with van der Waals surface area (Å²) in [5, 5.41) is 4.46. The molecule has 0 bridgehead atoms. The Morgan fingerprint density at radius 2 is 1.80 bits per heavy atom. The van der Waals surface area contributed by atoms with Crippen LogP contribution in [0, 0.1) is 11.8 Å². The molecule has 0 aromatic heterocycles. The number of hydrogen-bond acceptors (Lipinski definition) is 4. The Balaban J connectivity index is 1.57. The third kappa shape index (κ3) is 2.77. The van der Waals surface area contributed by atoms with E-state index < -0.39 is 11.3 Å². The van der Waals surface area contributed by atoms with Crippen LogP contribution in [0.4, 0.5) is 0 Å². The molecule has 1 saturated carbocycles. The lowest BCUT2D eigenvalue weighted by Crippen LogP contribution is -2.40. The van der Waals surface area contributed by atoms with Crippen LogP contribution < -0.4 is 15.4 Å². The van der Waals surface area contributed by atoms with Crippen LogP contribution in [0.15, 0.2) is 42.5 Å². The lowest BCUT2D eigenvalue weighted by molar-refractivity contribution is 0.0929. The second-order valence-corrected chi connectivity index (χ2v) is 8.12. The van der Waals surface area contributed by atoms with Gasteiger partial charge in [-0.2, -0.15) is 0 Å². The molecule has 2 heterocycles. The van der Waals surface area contributed by atoms with Gasteiger partial charge in [0.15, 0.2) is 0 Å². The van der Waals surface area contributed by atoms with Gasteiger partial charge in [0, 0.05) is 41.4 Å². The van der Waals surface area contributed by atoms with Crippen LogP contribution in [0.5, 0.6) is 5.75 Å². The molecule has 5 rings (SSSR count). The maximum atomic E-state index is 13.0. The van der Waals surface area contributed by atoms with Crippen LogP contribution in [0.2, 0.25) is 0 Å². The third-order valence-electron chi connectivity index (χ3n) is 6.46. The smallest absolute Gasteiger partial charge is 0.254 e. The van der Waals surface area contributed by atoms with Crippen molar-refractivity contribution < 1.29 is 19.1 Å². The molecule has 2 aromatic carbocycles.